The van der Waals surface area contributed by atoms with Gasteiger partial charge in [0.25, 0.3) is 0 Å². The summed E-state index contributed by atoms with van der Waals surface area (Å²) in [6.45, 7) is 5.36. The average molecular weight is 397 g/mol. The first-order chi connectivity index (χ1) is 12.7. The van der Waals surface area contributed by atoms with Crippen molar-refractivity contribution in [2.24, 2.45) is 5.73 Å². The van der Waals surface area contributed by atoms with Gasteiger partial charge >= 0.3 is 6.09 Å². The zero-order valence-electron chi connectivity index (χ0n) is 15.3. The molecule has 0 aliphatic rings. The van der Waals surface area contributed by atoms with E-state index in [1.165, 1.54) is 19.1 Å². The van der Waals surface area contributed by atoms with Crippen LogP contribution in [0.3, 0.4) is 0 Å². The van der Waals surface area contributed by atoms with Crippen molar-refractivity contribution >= 4 is 23.6 Å². The fourth-order valence-corrected chi connectivity index (χ4v) is 3.74. The van der Waals surface area contributed by atoms with Crippen LogP contribution < -0.4 is 5.73 Å². The molecule has 9 heteroatoms. The van der Waals surface area contributed by atoms with Crippen molar-refractivity contribution in [3.05, 3.63) is 41.4 Å². The molecule has 6 nitrogen and oxygen atoms in total. The molecule has 0 radical (unpaired) electrons. The lowest BCUT2D eigenvalue weighted by Gasteiger charge is -2.12. The van der Waals surface area contributed by atoms with E-state index in [0.717, 1.165) is 17.8 Å². The molecule has 0 spiro atoms. The van der Waals surface area contributed by atoms with Crippen LogP contribution in [-0.2, 0) is 22.5 Å². The average Bonchev–Trinajstić information content (AvgIpc) is 2.84. The Bertz CT molecular complexity index is 832. The topological polar surface area (TPSA) is 87.2 Å². The van der Waals surface area contributed by atoms with Crippen LogP contribution in [0, 0.1) is 11.6 Å². The Kier molecular flexibility index (Phi) is 6.95. The van der Waals surface area contributed by atoms with E-state index in [4.69, 9.17) is 10.5 Å². The fraction of sp³-hybridized carbons (Fsp3) is 0.389. The Labute approximate surface area is 160 Å². The van der Waals surface area contributed by atoms with Gasteiger partial charge in [-0.2, -0.15) is 0 Å². The second-order valence-electron chi connectivity index (χ2n) is 6.29. The predicted molar refractivity (Wildman–Crippen MR) is 96.7 cm³/mol. The molecule has 0 aliphatic heterocycles. The number of halogens is 2. The number of nitrogens with zero attached hydrogens (tertiary/aromatic N) is 2. The van der Waals surface area contributed by atoms with Gasteiger partial charge in [0.05, 0.1) is 12.2 Å². The van der Waals surface area contributed by atoms with Gasteiger partial charge in [-0.25, -0.2) is 18.6 Å². The standard InChI is InChI=1S/C18H21F2N3O3S/c1-10(2)16-17(27-14-7-12(19)6-13(20)8-14)23(9-11(3)24)15(22-16)4-5-26-18(21)25/h6-8,10H,4-5,9H2,1-3H3,(H2,21,25). The molecule has 0 aliphatic carbocycles. The minimum absolute atomic E-state index is 0.00919. The van der Waals surface area contributed by atoms with E-state index in [1.54, 1.807) is 4.57 Å². The first-order valence-electron chi connectivity index (χ1n) is 8.32. The molecule has 1 heterocycles. The molecule has 1 aromatic carbocycles. The highest BCUT2D eigenvalue weighted by Crippen LogP contribution is 2.35. The minimum Gasteiger partial charge on any atom is -0.449 e. The van der Waals surface area contributed by atoms with Crippen LogP contribution in [0.5, 0.6) is 0 Å². The van der Waals surface area contributed by atoms with Gasteiger partial charge in [-0.15, -0.1) is 0 Å². The molecule has 0 atom stereocenters. The van der Waals surface area contributed by atoms with Crippen LogP contribution >= 0.6 is 11.8 Å². The Balaban J connectivity index is 2.46. The first kappa shape index (κ1) is 20.9. The number of aromatic nitrogens is 2. The van der Waals surface area contributed by atoms with Crippen LogP contribution in [0.2, 0.25) is 0 Å². The minimum atomic E-state index is -0.895. The quantitative estimate of drug-likeness (QED) is 0.734. The summed E-state index contributed by atoms with van der Waals surface area (Å²) >= 11 is 1.14. The lowest BCUT2D eigenvalue weighted by molar-refractivity contribution is -0.117. The smallest absolute Gasteiger partial charge is 0.404 e. The highest BCUT2D eigenvalue weighted by molar-refractivity contribution is 7.99. The van der Waals surface area contributed by atoms with Crippen molar-refractivity contribution in [2.45, 2.75) is 49.6 Å². The molecule has 0 saturated heterocycles. The highest BCUT2D eigenvalue weighted by atomic mass is 32.2. The molecule has 0 fully saturated rings. The second kappa shape index (κ2) is 8.98. The molecule has 146 valence electrons. The number of imidazole rings is 1. The van der Waals surface area contributed by atoms with Gasteiger partial charge in [0.2, 0.25) is 0 Å². The number of benzene rings is 1. The molecular formula is C18H21F2N3O3S. The Morgan fingerprint density at radius 1 is 1.26 bits per heavy atom. The van der Waals surface area contributed by atoms with Crippen molar-refractivity contribution in [1.29, 1.82) is 0 Å². The van der Waals surface area contributed by atoms with E-state index in [-0.39, 0.29) is 31.3 Å². The molecule has 1 aromatic heterocycles. The summed E-state index contributed by atoms with van der Waals surface area (Å²) < 4.78 is 33.6. The summed E-state index contributed by atoms with van der Waals surface area (Å²) in [6, 6.07) is 3.24. The number of nitrogens with two attached hydrogens (primary N) is 1. The number of carbonyl (C=O) groups excluding carboxylic acids is 2. The zero-order valence-corrected chi connectivity index (χ0v) is 16.1. The van der Waals surface area contributed by atoms with Crippen molar-refractivity contribution < 1.29 is 23.1 Å². The van der Waals surface area contributed by atoms with Gasteiger partial charge in [-0.05, 0) is 25.0 Å². The number of amides is 1. The van der Waals surface area contributed by atoms with E-state index in [2.05, 4.69) is 4.98 Å². The van der Waals surface area contributed by atoms with Crippen molar-refractivity contribution in [3.8, 4) is 0 Å². The molecule has 2 aromatic rings. The largest absolute Gasteiger partial charge is 0.449 e. The van der Waals surface area contributed by atoms with Gasteiger partial charge < -0.3 is 15.0 Å². The lowest BCUT2D eigenvalue weighted by atomic mass is 10.1. The number of ether oxygens (including phenoxy) is 1. The normalized spacial score (nSPS) is 11.0. The molecule has 1 amide bonds. The van der Waals surface area contributed by atoms with E-state index >= 15 is 0 Å². The van der Waals surface area contributed by atoms with E-state index in [1.807, 2.05) is 13.8 Å². The van der Waals surface area contributed by atoms with E-state index in [9.17, 15) is 18.4 Å². The first-order valence-corrected chi connectivity index (χ1v) is 9.14. The van der Waals surface area contributed by atoms with Gasteiger partial charge in [-0.3, -0.25) is 4.79 Å². The zero-order chi connectivity index (χ0) is 20.1. The third kappa shape index (κ3) is 5.78. The Morgan fingerprint density at radius 3 is 2.41 bits per heavy atom. The maximum Gasteiger partial charge on any atom is 0.404 e. The predicted octanol–water partition coefficient (Wildman–Crippen LogP) is 3.66. The highest BCUT2D eigenvalue weighted by Gasteiger charge is 2.22. The third-order valence-corrected chi connectivity index (χ3v) is 4.67. The maximum absolute atomic E-state index is 13.6. The fourth-order valence-electron chi connectivity index (χ4n) is 2.50. The van der Waals surface area contributed by atoms with Crippen molar-refractivity contribution in [1.82, 2.24) is 9.55 Å². The summed E-state index contributed by atoms with van der Waals surface area (Å²) in [5.41, 5.74) is 5.67. The summed E-state index contributed by atoms with van der Waals surface area (Å²) in [5, 5.41) is 0.624. The van der Waals surface area contributed by atoms with Crippen LogP contribution in [0.4, 0.5) is 13.6 Å². The third-order valence-electron chi connectivity index (χ3n) is 3.57. The van der Waals surface area contributed by atoms with Crippen LogP contribution in [0.1, 0.15) is 38.2 Å². The second-order valence-corrected chi connectivity index (χ2v) is 7.35. The number of Topliss-reactive ketones (excluding diaryl/α,β-unsaturated/α-hetero) is 1. The SMILES string of the molecule is CC(=O)Cn1c(CCOC(N)=O)nc(C(C)C)c1Sc1cc(F)cc(F)c1. The Morgan fingerprint density at radius 2 is 1.89 bits per heavy atom. The molecule has 2 rings (SSSR count). The molecule has 27 heavy (non-hydrogen) atoms. The van der Waals surface area contributed by atoms with Gasteiger partial charge in [-0.1, -0.05) is 25.6 Å². The number of hydrogen-bond donors (Lipinski definition) is 1. The summed E-state index contributed by atoms with van der Waals surface area (Å²) in [5.74, 6) is -0.927. The van der Waals surface area contributed by atoms with Crippen LogP contribution in [-0.4, -0.2) is 28.0 Å². The number of hydrogen-bond acceptors (Lipinski definition) is 5. The summed E-state index contributed by atoms with van der Waals surface area (Å²) in [4.78, 5) is 27.5. The molecular weight excluding hydrogens is 376 g/mol. The van der Waals surface area contributed by atoms with Crippen LogP contribution in [0.25, 0.3) is 0 Å². The molecule has 0 unspecified atom stereocenters. The van der Waals surface area contributed by atoms with Crippen LogP contribution in [0.15, 0.2) is 28.1 Å². The maximum atomic E-state index is 13.6. The monoisotopic (exact) mass is 397 g/mol. The lowest BCUT2D eigenvalue weighted by Crippen LogP contribution is -2.17. The van der Waals surface area contributed by atoms with Crippen molar-refractivity contribution in [3.63, 3.8) is 0 Å². The summed E-state index contributed by atoms with van der Waals surface area (Å²) in [6.07, 6.45) is -0.637. The van der Waals surface area contributed by atoms with Gasteiger partial charge in [0, 0.05) is 17.4 Å². The number of primary amides is 1. The molecule has 2 N–H and O–H groups in total. The van der Waals surface area contributed by atoms with E-state index in [0.29, 0.717) is 21.4 Å². The Hall–Kier alpha value is -2.42. The van der Waals surface area contributed by atoms with Crippen molar-refractivity contribution in [2.75, 3.05) is 6.61 Å². The number of ketones is 1. The molecule has 0 saturated carbocycles. The summed E-state index contributed by atoms with van der Waals surface area (Å²) in [7, 11) is 0. The van der Waals surface area contributed by atoms with Gasteiger partial charge in [0.15, 0.2) is 0 Å². The number of carbonyl (C=O) groups is 2. The van der Waals surface area contributed by atoms with Gasteiger partial charge in [0.1, 0.15) is 34.9 Å². The van der Waals surface area contributed by atoms with E-state index < -0.39 is 17.7 Å². The molecule has 0 bridgehead atoms. The number of rotatable bonds is 8.